The molecule has 0 saturated heterocycles. The van der Waals surface area contributed by atoms with Gasteiger partial charge in [-0.25, -0.2) is 8.78 Å². The molecule has 0 amide bonds. The molecule has 0 spiro atoms. The van der Waals surface area contributed by atoms with Gasteiger partial charge < -0.3 is 0 Å². The maximum absolute atomic E-state index is 13.1. The van der Waals surface area contributed by atoms with Gasteiger partial charge in [0.2, 0.25) is 0 Å². The number of rotatable bonds is 3. The lowest BCUT2D eigenvalue weighted by Gasteiger charge is -2.11. The summed E-state index contributed by atoms with van der Waals surface area (Å²) in [5.74, 6) is -1.26. The Kier molecular flexibility index (Phi) is 4.20. The fraction of sp³-hybridized carbons (Fsp3) is 0.143. The summed E-state index contributed by atoms with van der Waals surface area (Å²) in [5.41, 5.74) is 1.26. The van der Waals surface area contributed by atoms with Crippen LogP contribution in [0.3, 0.4) is 0 Å². The Bertz CT molecular complexity index is 535. The van der Waals surface area contributed by atoms with Crippen LogP contribution in [0.5, 0.6) is 0 Å². The van der Waals surface area contributed by atoms with Crippen LogP contribution in [0, 0.1) is 11.6 Å². The number of hydrogen-bond donors (Lipinski definition) is 0. The third-order valence-electron chi connectivity index (χ3n) is 2.60. The molecule has 0 radical (unpaired) electrons. The molecule has 0 saturated carbocycles. The van der Waals surface area contributed by atoms with Gasteiger partial charge in [-0.1, -0.05) is 29.8 Å². The van der Waals surface area contributed by atoms with Crippen molar-refractivity contribution in [3.05, 3.63) is 70.2 Å². The summed E-state index contributed by atoms with van der Waals surface area (Å²) in [7, 11) is 0. The van der Waals surface area contributed by atoms with Crippen LogP contribution in [0.25, 0.3) is 0 Å². The number of hydrogen-bond acceptors (Lipinski definition) is 0. The van der Waals surface area contributed by atoms with Gasteiger partial charge in [-0.3, -0.25) is 0 Å². The Hall–Kier alpha value is -1.12. The SMILES string of the molecule is Fc1cc(F)cc(C(Cl)Cc2ccccc2Cl)c1. The molecule has 0 fully saturated rings. The zero-order chi connectivity index (χ0) is 13.1. The summed E-state index contributed by atoms with van der Waals surface area (Å²) in [6.45, 7) is 0. The minimum atomic E-state index is -0.630. The molecule has 2 rings (SSSR count). The van der Waals surface area contributed by atoms with Crippen molar-refractivity contribution in [1.29, 1.82) is 0 Å². The number of benzene rings is 2. The highest BCUT2D eigenvalue weighted by Gasteiger charge is 2.13. The van der Waals surface area contributed by atoms with E-state index in [0.29, 0.717) is 17.0 Å². The first kappa shape index (κ1) is 13.3. The first-order valence-electron chi connectivity index (χ1n) is 5.40. The van der Waals surface area contributed by atoms with E-state index in [1.165, 1.54) is 12.1 Å². The zero-order valence-electron chi connectivity index (χ0n) is 9.34. The molecule has 0 aromatic heterocycles. The van der Waals surface area contributed by atoms with Crippen molar-refractivity contribution in [2.45, 2.75) is 11.8 Å². The second-order valence-corrected chi connectivity index (χ2v) is 4.90. The predicted octanol–water partition coefficient (Wildman–Crippen LogP) is 5.14. The summed E-state index contributed by atoms with van der Waals surface area (Å²) in [4.78, 5) is 0. The lowest BCUT2D eigenvalue weighted by atomic mass is 10.0. The molecule has 0 aliphatic heterocycles. The van der Waals surface area contributed by atoms with E-state index in [2.05, 4.69) is 0 Å². The lowest BCUT2D eigenvalue weighted by Crippen LogP contribution is -1.98. The van der Waals surface area contributed by atoms with E-state index in [4.69, 9.17) is 23.2 Å². The third-order valence-corrected chi connectivity index (χ3v) is 3.38. The molecule has 4 heteroatoms. The summed E-state index contributed by atoms with van der Waals surface area (Å²) in [6, 6.07) is 10.5. The van der Waals surface area contributed by atoms with Crippen LogP contribution >= 0.6 is 23.2 Å². The van der Waals surface area contributed by atoms with E-state index >= 15 is 0 Å². The molecule has 0 heterocycles. The fourth-order valence-corrected chi connectivity index (χ4v) is 2.24. The van der Waals surface area contributed by atoms with E-state index < -0.39 is 17.0 Å². The first-order valence-corrected chi connectivity index (χ1v) is 6.21. The molecule has 1 unspecified atom stereocenters. The topological polar surface area (TPSA) is 0 Å². The van der Waals surface area contributed by atoms with Crippen LogP contribution in [0.15, 0.2) is 42.5 Å². The maximum atomic E-state index is 13.1. The highest BCUT2D eigenvalue weighted by molar-refractivity contribution is 6.31. The largest absolute Gasteiger partial charge is 0.207 e. The molecule has 18 heavy (non-hydrogen) atoms. The molecule has 94 valence electrons. The van der Waals surface area contributed by atoms with E-state index in [1.54, 1.807) is 6.07 Å². The van der Waals surface area contributed by atoms with Crippen LogP contribution in [-0.4, -0.2) is 0 Å². The van der Waals surface area contributed by atoms with Crippen molar-refractivity contribution in [3.63, 3.8) is 0 Å². The highest BCUT2D eigenvalue weighted by Crippen LogP contribution is 2.29. The first-order chi connectivity index (χ1) is 8.56. The van der Waals surface area contributed by atoms with Crippen molar-refractivity contribution in [2.75, 3.05) is 0 Å². The second kappa shape index (κ2) is 5.68. The predicted molar refractivity (Wildman–Crippen MR) is 70.1 cm³/mol. The van der Waals surface area contributed by atoms with Gasteiger partial charge in [-0.15, -0.1) is 11.6 Å². The Balaban J connectivity index is 2.22. The Morgan fingerprint density at radius 2 is 1.61 bits per heavy atom. The Labute approximate surface area is 114 Å². The summed E-state index contributed by atoms with van der Waals surface area (Å²) in [6.07, 6.45) is 0.421. The van der Waals surface area contributed by atoms with Crippen molar-refractivity contribution in [3.8, 4) is 0 Å². The molecule has 0 aliphatic rings. The van der Waals surface area contributed by atoms with Crippen molar-refractivity contribution in [2.24, 2.45) is 0 Å². The molecule has 0 nitrogen and oxygen atoms in total. The summed E-state index contributed by atoms with van der Waals surface area (Å²) >= 11 is 12.2. The standard InChI is InChI=1S/C14H10Cl2F2/c15-13-4-2-1-3-9(13)7-14(16)10-5-11(17)8-12(18)6-10/h1-6,8,14H,7H2. The minimum absolute atomic E-state index is 0.411. The quantitative estimate of drug-likeness (QED) is 0.685. The van der Waals surface area contributed by atoms with Gasteiger partial charge in [0.1, 0.15) is 11.6 Å². The molecule has 0 bridgehead atoms. The number of halogens is 4. The highest BCUT2D eigenvalue weighted by atomic mass is 35.5. The molecular weight excluding hydrogens is 277 g/mol. The van der Waals surface area contributed by atoms with Crippen molar-refractivity contribution >= 4 is 23.2 Å². The smallest absolute Gasteiger partial charge is 0.126 e. The Morgan fingerprint density at radius 1 is 1.00 bits per heavy atom. The molecule has 1 atom stereocenters. The van der Waals surface area contributed by atoms with Gasteiger partial charge in [0.05, 0.1) is 5.38 Å². The Morgan fingerprint density at radius 3 is 2.22 bits per heavy atom. The lowest BCUT2D eigenvalue weighted by molar-refractivity contribution is 0.579. The molecule has 0 N–H and O–H groups in total. The van der Waals surface area contributed by atoms with Gasteiger partial charge in [-0.05, 0) is 35.7 Å². The second-order valence-electron chi connectivity index (χ2n) is 3.97. The van der Waals surface area contributed by atoms with Gasteiger partial charge >= 0.3 is 0 Å². The average molecular weight is 287 g/mol. The third kappa shape index (κ3) is 3.21. The number of alkyl halides is 1. The molecule has 2 aromatic rings. The monoisotopic (exact) mass is 286 g/mol. The minimum Gasteiger partial charge on any atom is -0.207 e. The average Bonchev–Trinajstić information content (AvgIpc) is 2.31. The van der Waals surface area contributed by atoms with E-state index in [1.807, 2.05) is 18.2 Å². The fourth-order valence-electron chi connectivity index (χ4n) is 1.73. The van der Waals surface area contributed by atoms with Crippen LogP contribution in [0.1, 0.15) is 16.5 Å². The van der Waals surface area contributed by atoms with Gasteiger partial charge in [0.15, 0.2) is 0 Å². The van der Waals surface area contributed by atoms with Crippen LogP contribution in [0.2, 0.25) is 5.02 Å². The van der Waals surface area contributed by atoms with Crippen LogP contribution < -0.4 is 0 Å². The van der Waals surface area contributed by atoms with Crippen LogP contribution in [-0.2, 0) is 6.42 Å². The van der Waals surface area contributed by atoms with Crippen LogP contribution in [0.4, 0.5) is 8.78 Å². The molecular formula is C14H10Cl2F2. The van der Waals surface area contributed by atoms with Gasteiger partial charge in [0, 0.05) is 11.1 Å². The van der Waals surface area contributed by atoms with E-state index in [-0.39, 0.29) is 0 Å². The van der Waals surface area contributed by atoms with Crippen molar-refractivity contribution < 1.29 is 8.78 Å². The summed E-state index contributed by atoms with van der Waals surface area (Å²) < 4.78 is 26.2. The van der Waals surface area contributed by atoms with Gasteiger partial charge in [-0.2, -0.15) is 0 Å². The maximum Gasteiger partial charge on any atom is 0.126 e. The van der Waals surface area contributed by atoms with Gasteiger partial charge in [0.25, 0.3) is 0 Å². The zero-order valence-corrected chi connectivity index (χ0v) is 10.8. The summed E-state index contributed by atoms with van der Waals surface area (Å²) in [5, 5.41) is 0.0788. The van der Waals surface area contributed by atoms with E-state index in [9.17, 15) is 8.78 Å². The van der Waals surface area contributed by atoms with E-state index in [0.717, 1.165) is 11.6 Å². The normalized spacial score (nSPS) is 12.4. The molecule has 2 aromatic carbocycles. The molecule has 0 aliphatic carbocycles. The van der Waals surface area contributed by atoms with Crippen molar-refractivity contribution in [1.82, 2.24) is 0 Å².